The van der Waals surface area contributed by atoms with Crippen LogP contribution in [0.25, 0.3) is 0 Å². The number of aromatic nitrogens is 2. The second-order valence-corrected chi connectivity index (χ2v) is 6.77. The molecular formula is C20H27IN6. The van der Waals surface area contributed by atoms with Crippen LogP contribution < -0.4 is 5.32 Å². The van der Waals surface area contributed by atoms with Gasteiger partial charge in [0.25, 0.3) is 0 Å². The van der Waals surface area contributed by atoms with Gasteiger partial charge in [-0.2, -0.15) is 5.26 Å². The molecule has 0 saturated carbocycles. The van der Waals surface area contributed by atoms with Gasteiger partial charge < -0.3 is 14.8 Å². The zero-order valence-corrected chi connectivity index (χ0v) is 18.2. The van der Waals surface area contributed by atoms with Crippen LogP contribution in [0.2, 0.25) is 0 Å². The normalized spacial score (nSPS) is 19.9. The fraction of sp³-hybridized carbons (Fsp3) is 0.450. The van der Waals surface area contributed by atoms with Crippen molar-refractivity contribution < 1.29 is 0 Å². The Labute approximate surface area is 178 Å². The van der Waals surface area contributed by atoms with Gasteiger partial charge in [0.1, 0.15) is 0 Å². The smallest absolute Gasteiger partial charge is 0.194 e. The second kappa shape index (κ2) is 10.3. The van der Waals surface area contributed by atoms with Gasteiger partial charge in [-0.1, -0.05) is 19.1 Å². The number of nitriles is 1. The van der Waals surface area contributed by atoms with Crippen molar-refractivity contribution in [2.75, 3.05) is 19.6 Å². The van der Waals surface area contributed by atoms with Crippen LogP contribution in [-0.4, -0.2) is 40.0 Å². The summed E-state index contributed by atoms with van der Waals surface area (Å²) in [6.45, 7) is 7.71. The first-order chi connectivity index (χ1) is 12.7. The minimum absolute atomic E-state index is 0. The Morgan fingerprint density at radius 3 is 3.00 bits per heavy atom. The van der Waals surface area contributed by atoms with Gasteiger partial charge in [0, 0.05) is 32.0 Å². The molecule has 27 heavy (non-hydrogen) atoms. The summed E-state index contributed by atoms with van der Waals surface area (Å²) in [6.07, 6.45) is 6.91. The molecule has 0 amide bonds. The average molecular weight is 478 g/mol. The number of benzene rings is 1. The molecule has 2 heterocycles. The molecule has 1 N–H and O–H groups in total. The predicted octanol–water partition coefficient (Wildman–Crippen LogP) is 3.42. The van der Waals surface area contributed by atoms with Gasteiger partial charge in [-0.15, -0.1) is 24.0 Å². The Morgan fingerprint density at radius 2 is 2.30 bits per heavy atom. The molecule has 0 spiro atoms. The molecule has 1 saturated heterocycles. The topological polar surface area (TPSA) is 69.2 Å². The number of piperidine rings is 1. The SMILES string of the molecule is CCNC(=NCc1cccc(C#N)c1)N1CCC(C)C(n2ccnc2)C1.I. The molecule has 2 aromatic rings. The molecule has 7 heteroatoms. The maximum absolute atomic E-state index is 9.06. The fourth-order valence-corrected chi connectivity index (χ4v) is 3.43. The van der Waals surface area contributed by atoms with E-state index >= 15 is 0 Å². The highest BCUT2D eigenvalue weighted by Crippen LogP contribution is 2.27. The van der Waals surface area contributed by atoms with E-state index in [0.29, 0.717) is 24.1 Å². The number of nitrogens with one attached hydrogen (secondary N) is 1. The summed E-state index contributed by atoms with van der Waals surface area (Å²) >= 11 is 0. The van der Waals surface area contributed by atoms with Crippen molar-refractivity contribution in [3.05, 3.63) is 54.1 Å². The van der Waals surface area contributed by atoms with Gasteiger partial charge in [0.15, 0.2) is 5.96 Å². The van der Waals surface area contributed by atoms with Crippen LogP contribution in [-0.2, 0) is 6.54 Å². The predicted molar refractivity (Wildman–Crippen MR) is 118 cm³/mol. The third kappa shape index (κ3) is 5.45. The van der Waals surface area contributed by atoms with Gasteiger partial charge in [0.05, 0.1) is 30.5 Å². The highest BCUT2D eigenvalue weighted by molar-refractivity contribution is 14.0. The number of hydrogen-bond donors (Lipinski definition) is 1. The maximum atomic E-state index is 9.06. The van der Waals surface area contributed by atoms with Crippen molar-refractivity contribution in [2.24, 2.45) is 10.9 Å². The monoisotopic (exact) mass is 478 g/mol. The summed E-state index contributed by atoms with van der Waals surface area (Å²) in [5.41, 5.74) is 1.73. The van der Waals surface area contributed by atoms with E-state index in [1.807, 2.05) is 43.0 Å². The van der Waals surface area contributed by atoms with Crippen molar-refractivity contribution in [1.29, 1.82) is 5.26 Å². The second-order valence-electron chi connectivity index (χ2n) is 6.77. The Kier molecular flexibility index (Phi) is 8.10. The molecule has 2 unspecified atom stereocenters. The van der Waals surface area contributed by atoms with E-state index in [9.17, 15) is 0 Å². The van der Waals surface area contributed by atoms with Crippen molar-refractivity contribution >= 4 is 29.9 Å². The lowest BCUT2D eigenvalue weighted by Crippen LogP contribution is -2.49. The molecule has 1 aliphatic rings. The van der Waals surface area contributed by atoms with E-state index < -0.39 is 0 Å². The number of likely N-dealkylation sites (tertiary alicyclic amines) is 1. The van der Waals surface area contributed by atoms with E-state index in [-0.39, 0.29) is 24.0 Å². The van der Waals surface area contributed by atoms with Crippen molar-refractivity contribution in [1.82, 2.24) is 19.8 Å². The van der Waals surface area contributed by atoms with Crippen molar-refractivity contribution in [3.8, 4) is 6.07 Å². The number of imidazole rings is 1. The Balaban J connectivity index is 0.00000261. The first kappa shape index (κ1) is 21.2. The largest absolute Gasteiger partial charge is 0.357 e. The third-order valence-electron chi connectivity index (χ3n) is 4.93. The minimum Gasteiger partial charge on any atom is -0.357 e. The van der Waals surface area contributed by atoms with Crippen LogP contribution in [0.3, 0.4) is 0 Å². The summed E-state index contributed by atoms with van der Waals surface area (Å²) in [4.78, 5) is 11.4. The van der Waals surface area contributed by atoms with Crippen LogP contribution in [0.5, 0.6) is 0 Å². The molecule has 144 valence electrons. The zero-order chi connectivity index (χ0) is 18.4. The van der Waals surface area contributed by atoms with Crippen LogP contribution in [0.15, 0.2) is 48.0 Å². The molecule has 3 rings (SSSR count). The highest BCUT2D eigenvalue weighted by Gasteiger charge is 2.28. The van der Waals surface area contributed by atoms with E-state index in [2.05, 4.69) is 39.7 Å². The molecule has 6 nitrogen and oxygen atoms in total. The van der Waals surface area contributed by atoms with E-state index in [0.717, 1.165) is 37.6 Å². The summed E-state index contributed by atoms with van der Waals surface area (Å²) in [5.74, 6) is 1.54. The molecular weight excluding hydrogens is 451 g/mol. The van der Waals surface area contributed by atoms with Crippen LogP contribution in [0, 0.1) is 17.2 Å². The number of halogens is 1. The lowest BCUT2D eigenvalue weighted by atomic mass is 9.93. The molecule has 1 aromatic heterocycles. The first-order valence-corrected chi connectivity index (χ1v) is 9.21. The lowest BCUT2D eigenvalue weighted by molar-refractivity contribution is 0.189. The fourth-order valence-electron chi connectivity index (χ4n) is 3.43. The summed E-state index contributed by atoms with van der Waals surface area (Å²) in [5, 5.41) is 12.5. The Morgan fingerprint density at radius 1 is 1.44 bits per heavy atom. The number of nitrogens with zero attached hydrogens (tertiary/aromatic N) is 5. The van der Waals surface area contributed by atoms with Gasteiger partial charge in [-0.3, -0.25) is 0 Å². The number of hydrogen-bond acceptors (Lipinski definition) is 3. The van der Waals surface area contributed by atoms with Crippen LogP contribution in [0.1, 0.15) is 37.4 Å². The molecule has 2 atom stereocenters. The maximum Gasteiger partial charge on any atom is 0.194 e. The van der Waals surface area contributed by atoms with Crippen LogP contribution in [0.4, 0.5) is 0 Å². The molecule has 1 fully saturated rings. The van der Waals surface area contributed by atoms with Gasteiger partial charge in [0.2, 0.25) is 0 Å². The molecule has 0 aliphatic carbocycles. The molecule has 1 aromatic carbocycles. The number of aliphatic imine (C=N–C) groups is 1. The molecule has 0 bridgehead atoms. The van der Waals surface area contributed by atoms with Crippen LogP contribution >= 0.6 is 24.0 Å². The summed E-state index contributed by atoms with van der Waals surface area (Å²) in [6, 6.07) is 10.2. The first-order valence-electron chi connectivity index (χ1n) is 9.21. The third-order valence-corrected chi connectivity index (χ3v) is 4.93. The lowest BCUT2D eigenvalue weighted by Gasteiger charge is -2.39. The average Bonchev–Trinajstić information content (AvgIpc) is 3.20. The van der Waals surface area contributed by atoms with Crippen molar-refractivity contribution in [3.63, 3.8) is 0 Å². The van der Waals surface area contributed by atoms with Gasteiger partial charge in [-0.25, -0.2) is 9.98 Å². The molecule has 1 aliphatic heterocycles. The summed E-state index contributed by atoms with van der Waals surface area (Å²) < 4.78 is 2.21. The van der Waals surface area contributed by atoms with Crippen molar-refractivity contribution in [2.45, 2.75) is 32.9 Å². The Bertz CT molecular complexity index is 780. The van der Waals surface area contributed by atoms with E-state index in [1.165, 1.54) is 0 Å². The highest BCUT2D eigenvalue weighted by atomic mass is 127. The number of guanidine groups is 1. The zero-order valence-electron chi connectivity index (χ0n) is 15.9. The standard InChI is InChI=1S/C20H26N6.HI/c1-3-23-20(24-13-18-6-4-5-17(11-18)12-21)25-9-7-16(2)19(14-25)26-10-8-22-15-26;/h4-6,8,10-11,15-16,19H,3,7,9,13-14H2,1-2H3,(H,23,24);1H. The van der Waals surface area contributed by atoms with E-state index in [1.54, 1.807) is 0 Å². The Hall–Kier alpha value is -2.08. The van der Waals surface area contributed by atoms with E-state index in [4.69, 9.17) is 10.3 Å². The molecule has 0 radical (unpaired) electrons. The quantitative estimate of drug-likeness (QED) is 0.416. The summed E-state index contributed by atoms with van der Waals surface area (Å²) in [7, 11) is 0. The number of rotatable bonds is 4. The minimum atomic E-state index is 0. The van der Waals surface area contributed by atoms with Gasteiger partial charge >= 0.3 is 0 Å². The van der Waals surface area contributed by atoms with Gasteiger partial charge in [-0.05, 0) is 37.0 Å².